The molecule has 0 saturated heterocycles. The normalized spacial score (nSPS) is 11.9. The lowest BCUT2D eigenvalue weighted by atomic mass is 10.2. The summed E-state index contributed by atoms with van der Waals surface area (Å²) in [5.41, 5.74) is 7.26. The Labute approximate surface area is 107 Å². The van der Waals surface area contributed by atoms with Crippen LogP contribution in [-0.2, 0) is 9.53 Å². The van der Waals surface area contributed by atoms with E-state index in [1.807, 2.05) is 19.1 Å². The predicted octanol–water partition coefficient (Wildman–Crippen LogP) is 1.11. The third-order valence-electron chi connectivity index (χ3n) is 2.51. The van der Waals surface area contributed by atoms with Crippen LogP contribution in [0.4, 0.5) is 5.69 Å². The summed E-state index contributed by atoms with van der Waals surface area (Å²) in [5, 5.41) is 2.71. The molecule has 5 heteroatoms. The zero-order valence-corrected chi connectivity index (χ0v) is 11.0. The number of nitrogens with one attached hydrogen (secondary N) is 1. The highest BCUT2D eigenvalue weighted by atomic mass is 16.5. The third kappa shape index (κ3) is 3.92. The van der Waals surface area contributed by atoms with E-state index in [0.29, 0.717) is 24.6 Å². The Kier molecular flexibility index (Phi) is 5.45. The molecule has 1 aromatic rings. The van der Waals surface area contributed by atoms with Gasteiger partial charge in [0.25, 0.3) is 5.91 Å². The first kappa shape index (κ1) is 14.3. The van der Waals surface area contributed by atoms with Crippen molar-refractivity contribution in [2.24, 2.45) is 0 Å². The maximum atomic E-state index is 11.7. The van der Waals surface area contributed by atoms with Crippen molar-refractivity contribution < 1.29 is 14.3 Å². The summed E-state index contributed by atoms with van der Waals surface area (Å²) >= 11 is 0. The molecule has 100 valence electrons. The minimum Gasteiger partial charge on any atom is -0.478 e. The molecule has 0 aromatic heterocycles. The number of para-hydroxylation sites is 1. The molecular formula is C13H20N2O3. The van der Waals surface area contributed by atoms with Gasteiger partial charge < -0.3 is 20.5 Å². The molecule has 5 nitrogen and oxygen atoms in total. The summed E-state index contributed by atoms with van der Waals surface area (Å²) in [6.07, 6.45) is -0.592. The second-order valence-corrected chi connectivity index (χ2v) is 4.04. The molecule has 1 atom stereocenters. The average molecular weight is 252 g/mol. The van der Waals surface area contributed by atoms with E-state index in [1.54, 1.807) is 20.1 Å². The largest absolute Gasteiger partial charge is 0.478 e. The lowest BCUT2D eigenvalue weighted by Crippen LogP contribution is -2.38. The second kappa shape index (κ2) is 6.86. The number of amides is 1. The van der Waals surface area contributed by atoms with E-state index in [2.05, 4.69) is 5.32 Å². The highest BCUT2D eigenvalue weighted by Crippen LogP contribution is 2.26. The second-order valence-electron chi connectivity index (χ2n) is 4.04. The first-order valence-electron chi connectivity index (χ1n) is 5.84. The number of nitrogen functional groups attached to an aromatic ring is 1. The molecular weight excluding hydrogens is 232 g/mol. The average Bonchev–Trinajstić information content (AvgIpc) is 2.34. The third-order valence-corrected chi connectivity index (χ3v) is 2.51. The molecule has 0 fully saturated rings. The summed E-state index contributed by atoms with van der Waals surface area (Å²) < 4.78 is 10.4. The molecule has 18 heavy (non-hydrogen) atoms. The molecule has 0 heterocycles. The Morgan fingerprint density at radius 1 is 1.50 bits per heavy atom. The molecule has 0 aliphatic heterocycles. The number of nitrogens with two attached hydrogens (primary N) is 1. The van der Waals surface area contributed by atoms with E-state index in [-0.39, 0.29) is 5.91 Å². The van der Waals surface area contributed by atoms with Crippen LogP contribution in [0.1, 0.15) is 12.5 Å². The zero-order valence-electron chi connectivity index (χ0n) is 11.0. The summed E-state index contributed by atoms with van der Waals surface area (Å²) in [5.74, 6) is 0.376. The fourth-order valence-electron chi connectivity index (χ4n) is 1.49. The van der Waals surface area contributed by atoms with Gasteiger partial charge in [-0.25, -0.2) is 0 Å². The molecule has 1 aromatic carbocycles. The smallest absolute Gasteiger partial charge is 0.260 e. The molecule has 1 unspecified atom stereocenters. The van der Waals surface area contributed by atoms with E-state index in [4.69, 9.17) is 15.2 Å². The lowest BCUT2D eigenvalue weighted by molar-refractivity contribution is -0.127. The van der Waals surface area contributed by atoms with Crippen LogP contribution in [0.2, 0.25) is 0 Å². The van der Waals surface area contributed by atoms with Gasteiger partial charge in [0.05, 0.1) is 12.3 Å². The number of hydrogen-bond acceptors (Lipinski definition) is 4. The van der Waals surface area contributed by atoms with Crippen LogP contribution in [0.15, 0.2) is 18.2 Å². The van der Waals surface area contributed by atoms with Gasteiger partial charge in [-0.1, -0.05) is 12.1 Å². The minimum atomic E-state index is -0.592. The van der Waals surface area contributed by atoms with E-state index < -0.39 is 6.10 Å². The van der Waals surface area contributed by atoms with Gasteiger partial charge in [-0.2, -0.15) is 0 Å². The van der Waals surface area contributed by atoms with E-state index in [1.165, 1.54) is 0 Å². The molecule has 0 aliphatic rings. The number of carbonyl (C=O) groups excluding carboxylic acids is 1. The number of rotatable bonds is 6. The Hall–Kier alpha value is -1.75. The summed E-state index contributed by atoms with van der Waals surface area (Å²) in [7, 11) is 1.58. The van der Waals surface area contributed by atoms with E-state index in [0.717, 1.165) is 5.56 Å². The number of methoxy groups -OCH3 is 1. The minimum absolute atomic E-state index is 0.185. The Morgan fingerprint density at radius 3 is 2.83 bits per heavy atom. The van der Waals surface area contributed by atoms with Gasteiger partial charge in [0.15, 0.2) is 6.10 Å². The number of anilines is 1. The van der Waals surface area contributed by atoms with Crippen LogP contribution >= 0.6 is 0 Å². The van der Waals surface area contributed by atoms with Crippen molar-refractivity contribution in [3.05, 3.63) is 23.8 Å². The molecule has 1 rings (SSSR count). The van der Waals surface area contributed by atoms with Crippen LogP contribution in [-0.4, -0.2) is 32.3 Å². The Balaban J connectivity index is 2.58. The molecule has 3 N–H and O–H groups in total. The monoisotopic (exact) mass is 252 g/mol. The number of hydrogen-bond donors (Lipinski definition) is 2. The van der Waals surface area contributed by atoms with Crippen LogP contribution in [0.3, 0.4) is 0 Å². The molecule has 0 saturated carbocycles. The highest BCUT2D eigenvalue weighted by Gasteiger charge is 2.16. The van der Waals surface area contributed by atoms with E-state index >= 15 is 0 Å². The van der Waals surface area contributed by atoms with Gasteiger partial charge >= 0.3 is 0 Å². The SMILES string of the molecule is COCCNC(=O)C(C)Oc1c(C)cccc1N. The summed E-state index contributed by atoms with van der Waals surface area (Å²) in [4.78, 5) is 11.7. The number of carbonyl (C=O) groups is 1. The van der Waals surface area contributed by atoms with Crippen molar-refractivity contribution in [2.75, 3.05) is 26.0 Å². The van der Waals surface area contributed by atoms with Crippen LogP contribution in [0.5, 0.6) is 5.75 Å². The highest BCUT2D eigenvalue weighted by molar-refractivity contribution is 5.81. The van der Waals surface area contributed by atoms with Crippen LogP contribution in [0.25, 0.3) is 0 Å². The zero-order chi connectivity index (χ0) is 13.5. The van der Waals surface area contributed by atoms with Gasteiger partial charge in [0.1, 0.15) is 5.75 Å². The van der Waals surface area contributed by atoms with E-state index in [9.17, 15) is 4.79 Å². The lowest BCUT2D eigenvalue weighted by Gasteiger charge is -2.17. The van der Waals surface area contributed by atoms with Crippen molar-refractivity contribution in [2.45, 2.75) is 20.0 Å². The molecule has 1 amide bonds. The molecule has 0 spiro atoms. The maximum Gasteiger partial charge on any atom is 0.260 e. The summed E-state index contributed by atoms with van der Waals surface area (Å²) in [6, 6.07) is 5.49. The number of benzene rings is 1. The quantitative estimate of drug-likeness (QED) is 0.587. The topological polar surface area (TPSA) is 73.6 Å². The number of ether oxygens (including phenoxy) is 2. The van der Waals surface area contributed by atoms with Crippen molar-refractivity contribution in [1.82, 2.24) is 5.32 Å². The maximum absolute atomic E-state index is 11.7. The van der Waals surface area contributed by atoms with Crippen molar-refractivity contribution in [1.29, 1.82) is 0 Å². The van der Waals surface area contributed by atoms with Crippen molar-refractivity contribution >= 4 is 11.6 Å². The Bertz CT molecular complexity index is 387. The predicted molar refractivity (Wildman–Crippen MR) is 70.6 cm³/mol. The first-order chi connectivity index (χ1) is 8.56. The van der Waals surface area contributed by atoms with Gasteiger partial charge in [-0.05, 0) is 25.5 Å². The van der Waals surface area contributed by atoms with Crippen LogP contribution < -0.4 is 15.8 Å². The van der Waals surface area contributed by atoms with Gasteiger partial charge in [-0.15, -0.1) is 0 Å². The molecule has 0 radical (unpaired) electrons. The van der Waals surface area contributed by atoms with Crippen LogP contribution in [0, 0.1) is 6.92 Å². The summed E-state index contributed by atoms with van der Waals surface area (Å²) in [6.45, 7) is 4.52. The fraction of sp³-hybridized carbons (Fsp3) is 0.462. The van der Waals surface area contributed by atoms with Crippen molar-refractivity contribution in [3.63, 3.8) is 0 Å². The van der Waals surface area contributed by atoms with Gasteiger partial charge in [0, 0.05) is 13.7 Å². The van der Waals surface area contributed by atoms with Gasteiger partial charge in [-0.3, -0.25) is 4.79 Å². The Morgan fingerprint density at radius 2 is 2.22 bits per heavy atom. The standard InChI is InChI=1S/C13H20N2O3/c1-9-5-4-6-11(14)12(9)18-10(2)13(16)15-7-8-17-3/h4-6,10H,7-8,14H2,1-3H3,(H,15,16). The van der Waals surface area contributed by atoms with Crippen molar-refractivity contribution in [3.8, 4) is 5.75 Å². The fourth-order valence-corrected chi connectivity index (χ4v) is 1.49. The first-order valence-corrected chi connectivity index (χ1v) is 5.84. The molecule has 0 aliphatic carbocycles. The number of aryl methyl sites for hydroxylation is 1. The van der Waals surface area contributed by atoms with Gasteiger partial charge in [0.2, 0.25) is 0 Å². The molecule has 0 bridgehead atoms.